The van der Waals surface area contributed by atoms with Gasteiger partial charge in [0.15, 0.2) is 0 Å². The number of nitrogens with one attached hydrogen (secondary N) is 1. The van der Waals surface area contributed by atoms with Gasteiger partial charge < -0.3 is 9.32 Å². The van der Waals surface area contributed by atoms with Gasteiger partial charge in [-0.1, -0.05) is 30.3 Å². The Kier molecular flexibility index (Phi) is 4.90. The van der Waals surface area contributed by atoms with Gasteiger partial charge in [-0.25, -0.2) is 9.78 Å². The van der Waals surface area contributed by atoms with Crippen LogP contribution >= 0.6 is 11.3 Å². The summed E-state index contributed by atoms with van der Waals surface area (Å²) in [5.41, 5.74) is 6.18. The maximum Gasteiger partial charge on any atom is 0.345 e. The normalized spacial score (nSPS) is 11.2. The van der Waals surface area contributed by atoms with Crippen LogP contribution in [0.25, 0.3) is 22.2 Å². The van der Waals surface area contributed by atoms with E-state index >= 15 is 0 Å². The molecule has 4 aromatic rings. The van der Waals surface area contributed by atoms with Crippen LogP contribution < -0.4 is 16.0 Å². The van der Waals surface area contributed by atoms with Crippen molar-refractivity contribution < 1.29 is 4.42 Å². The van der Waals surface area contributed by atoms with E-state index in [9.17, 15) is 4.79 Å². The van der Waals surface area contributed by atoms with Crippen LogP contribution in [0.15, 0.2) is 74.3 Å². The summed E-state index contributed by atoms with van der Waals surface area (Å²) in [4.78, 5) is 18.7. The van der Waals surface area contributed by atoms with Crippen LogP contribution in [-0.4, -0.2) is 25.3 Å². The fourth-order valence-electron chi connectivity index (χ4n) is 2.71. The van der Waals surface area contributed by atoms with E-state index in [0.29, 0.717) is 22.0 Å². The predicted molar refractivity (Wildman–Crippen MR) is 116 cm³/mol. The summed E-state index contributed by atoms with van der Waals surface area (Å²) in [6.07, 6.45) is 1.73. The van der Waals surface area contributed by atoms with Crippen LogP contribution in [0.1, 0.15) is 5.56 Å². The summed E-state index contributed by atoms with van der Waals surface area (Å²) >= 11 is 1.38. The highest BCUT2D eigenvalue weighted by Gasteiger charge is 2.11. The van der Waals surface area contributed by atoms with Gasteiger partial charge in [-0.2, -0.15) is 5.10 Å². The molecular formula is C21H18N4O2S. The number of aromatic nitrogens is 1. The van der Waals surface area contributed by atoms with Gasteiger partial charge in [-0.3, -0.25) is 5.43 Å². The average Bonchev–Trinajstić information content (AvgIpc) is 3.16. The first-order chi connectivity index (χ1) is 13.6. The molecule has 7 heteroatoms. The molecule has 0 atom stereocenters. The van der Waals surface area contributed by atoms with Gasteiger partial charge in [0.05, 0.1) is 17.5 Å². The standard InChI is InChI=1S/C21H18N4O2S/c1-25(2)16-9-7-14(8-10-16)12-22-24-21-23-18(13-28-21)17-11-15-5-3-4-6-19(15)27-20(17)26/h3-13H,1-2H3,(H,23,24)/b22-12-. The number of thiazole rings is 1. The fraction of sp³-hybridized carbons (Fsp3) is 0.0952. The first-order valence-corrected chi connectivity index (χ1v) is 9.53. The summed E-state index contributed by atoms with van der Waals surface area (Å²) in [6, 6.07) is 17.3. The van der Waals surface area contributed by atoms with E-state index in [1.165, 1.54) is 11.3 Å². The Labute approximate surface area is 165 Å². The maximum absolute atomic E-state index is 12.3. The van der Waals surface area contributed by atoms with E-state index in [2.05, 4.69) is 15.5 Å². The molecule has 0 aliphatic heterocycles. The van der Waals surface area contributed by atoms with Crippen molar-refractivity contribution in [1.29, 1.82) is 0 Å². The molecule has 1 N–H and O–H groups in total. The van der Waals surface area contributed by atoms with Crippen molar-refractivity contribution in [2.24, 2.45) is 5.10 Å². The van der Waals surface area contributed by atoms with E-state index in [1.54, 1.807) is 18.3 Å². The average molecular weight is 390 g/mol. The third-order valence-electron chi connectivity index (χ3n) is 4.20. The lowest BCUT2D eigenvalue weighted by atomic mass is 10.1. The summed E-state index contributed by atoms with van der Waals surface area (Å²) in [7, 11) is 4.00. The summed E-state index contributed by atoms with van der Waals surface area (Å²) in [5.74, 6) is 0. The molecular weight excluding hydrogens is 372 g/mol. The minimum absolute atomic E-state index is 0.403. The first kappa shape index (κ1) is 17.9. The van der Waals surface area contributed by atoms with Crippen LogP contribution in [0.5, 0.6) is 0 Å². The Balaban J connectivity index is 1.50. The van der Waals surface area contributed by atoms with Gasteiger partial charge in [0.2, 0.25) is 5.13 Å². The lowest BCUT2D eigenvalue weighted by Crippen LogP contribution is -2.08. The summed E-state index contributed by atoms with van der Waals surface area (Å²) < 4.78 is 5.38. The number of hydrogen-bond donors (Lipinski definition) is 1. The van der Waals surface area contributed by atoms with E-state index in [0.717, 1.165) is 16.6 Å². The lowest BCUT2D eigenvalue weighted by Gasteiger charge is -2.11. The third kappa shape index (κ3) is 3.79. The van der Waals surface area contributed by atoms with E-state index < -0.39 is 5.63 Å². The number of para-hydroxylation sites is 1. The Morgan fingerprint density at radius 3 is 2.71 bits per heavy atom. The minimum Gasteiger partial charge on any atom is -0.422 e. The van der Waals surface area contributed by atoms with Gasteiger partial charge in [0.1, 0.15) is 5.58 Å². The smallest absolute Gasteiger partial charge is 0.345 e. The topological polar surface area (TPSA) is 70.7 Å². The predicted octanol–water partition coefficient (Wildman–Crippen LogP) is 4.43. The zero-order valence-corrected chi connectivity index (χ0v) is 16.2. The molecule has 0 fully saturated rings. The number of hydrazone groups is 1. The molecule has 0 saturated carbocycles. The van der Waals surface area contributed by atoms with E-state index in [-0.39, 0.29) is 0 Å². The molecule has 4 rings (SSSR count). The number of hydrogen-bond acceptors (Lipinski definition) is 7. The highest BCUT2D eigenvalue weighted by Crippen LogP contribution is 2.25. The SMILES string of the molecule is CN(C)c1ccc(/C=N\Nc2nc(-c3cc4ccccc4oc3=O)cs2)cc1. The zero-order chi connectivity index (χ0) is 19.5. The summed E-state index contributed by atoms with van der Waals surface area (Å²) in [6.45, 7) is 0. The molecule has 0 unspecified atom stereocenters. The molecule has 0 aliphatic carbocycles. The molecule has 0 bridgehead atoms. The second kappa shape index (κ2) is 7.66. The van der Waals surface area contributed by atoms with Gasteiger partial charge in [0.25, 0.3) is 0 Å². The number of benzene rings is 2. The second-order valence-electron chi connectivity index (χ2n) is 6.38. The second-order valence-corrected chi connectivity index (χ2v) is 7.24. The Morgan fingerprint density at radius 2 is 1.93 bits per heavy atom. The van der Waals surface area contributed by atoms with Crippen LogP contribution in [0.4, 0.5) is 10.8 Å². The molecule has 0 radical (unpaired) electrons. The summed E-state index contributed by atoms with van der Waals surface area (Å²) in [5, 5.41) is 7.49. The largest absolute Gasteiger partial charge is 0.422 e. The van der Waals surface area contributed by atoms with Crippen LogP contribution in [0.3, 0.4) is 0 Å². The Hall–Kier alpha value is -3.45. The van der Waals surface area contributed by atoms with Crippen molar-refractivity contribution in [3.8, 4) is 11.3 Å². The Bertz CT molecular complexity index is 1190. The van der Waals surface area contributed by atoms with E-state index in [4.69, 9.17) is 4.42 Å². The molecule has 6 nitrogen and oxygen atoms in total. The molecule has 2 aromatic heterocycles. The van der Waals surface area contributed by atoms with Gasteiger partial charge in [0, 0.05) is 30.5 Å². The molecule has 2 aromatic carbocycles. The van der Waals surface area contributed by atoms with Crippen molar-refractivity contribution in [3.63, 3.8) is 0 Å². The minimum atomic E-state index is -0.403. The number of fused-ring (bicyclic) bond motifs is 1. The molecule has 0 aliphatic rings. The fourth-order valence-corrected chi connectivity index (χ4v) is 3.37. The van der Waals surface area contributed by atoms with Gasteiger partial charge in [-0.05, 0) is 29.8 Å². The van der Waals surface area contributed by atoms with E-state index in [1.807, 2.05) is 66.8 Å². The monoisotopic (exact) mass is 390 g/mol. The third-order valence-corrected chi connectivity index (χ3v) is 4.95. The highest BCUT2D eigenvalue weighted by atomic mass is 32.1. The quantitative estimate of drug-likeness (QED) is 0.310. The maximum atomic E-state index is 12.3. The molecule has 0 spiro atoms. The van der Waals surface area contributed by atoms with Crippen LogP contribution in [0, 0.1) is 0 Å². The molecule has 0 amide bonds. The Morgan fingerprint density at radius 1 is 1.14 bits per heavy atom. The zero-order valence-electron chi connectivity index (χ0n) is 15.4. The van der Waals surface area contributed by atoms with Crippen molar-refractivity contribution in [2.45, 2.75) is 0 Å². The number of anilines is 2. The van der Waals surface area contributed by atoms with Gasteiger partial charge >= 0.3 is 5.63 Å². The molecule has 140 valence electrons. The van der Waals surface area contributed by atoms with Crippen LogP contribution in [0.2, 0.25) is 0 Å². The molecule has 2 heterocycles. The first-order valence-electron chi connectivity index (χ1n) is 8.65. The lowest BCUT2D eigenvalue weighted by molar-refractivity contribution is 0.563. The molecule has 28 heavy (non-hydrogen) atoms. The highest BCUT2D eigenvalue weighted by molar-refractivity contribution is 7.14. The van der Waals surface area contributed by atoms with Crippen molar-refractivity contribution in [2.75, 3.05) is 24.4 Å². The number of rotatable bonds is 5. The van der Waals surface area contributed by atoms with Crippen LogP contribution in [-0.2, 0) is 0 Å². The number of nitrogens with zero attached hydrogens (tertiary/aromatic N) is 3. The van der Waals surface area contributed by atoms with Crippen molar-refractivity contribution in [1.82, 2.24) is 4.98 Å². The van der Waals surface area contributed by atoms with Crippen molar-refractivity contribution >= 4 is 39.3 Å². The van der Waals surface area contributed by atoms with Gasteiger partial charge in [-0.15, -0.1) is 11.3 Å². The molecule has 0 saturated heterocycles. The van der Waals surface area contributed by atoms with Crippen molar-refractivity contribution in [3.05, 3.63) is 76.0 Å².